The second kappa shape index (κ2) is 11.7. The predicted octanol–water partition coefficient (Wildman–Crippen LogP) is 7.59. The van der Waals surface area contributed by atoms with Crippen LogP contribution in [0.25, 0.3) is 6.08 Å². The van der Waals surface area contributed by atoms with Crippen LogP contribution in [0.1, 0.15) is 84.8 Å². The first kappa shape index (κ1) is 21.2. The number of aryl methyl sites for hydroxylation is 1. The van der Waals surface area contributed by atoms with Crippen LogP contribution in [0.2, 0.25) is 0 Å². The van der Waals surface area contributed by atoms with Crippen molar-refractivity contribution in [1.82, 2.24) is 4.98 Å². The van der Waals surface area contributed by atoms with E-state index < -0.39 is 0 Å². The number of aromatic nitrogens is 1. The van der Waals surface area contributed by atoms with Crippen molar-refractivity contribution in [3.05, 3.63) is 58.4 Å². The van der Waals surface area contributed by atoms with E-state index in [2.05, 4.69) is 57.8 Å². The molecule has 0 spiro atoms. The molecule has 0 saturated heterocycles. The largest absolute Gasteiger partial charge is 0.442 e. The van der Waals surface area contributed by atoms with E-state index in [0.717, 1.165) is 37.9 Å². The maximum atomic E-state index is 5.49. The van der Waals surface area contributed by atoms with Crippen LogP contribution in [0.4, 0.5) is 0 Å². The minimum absolute atomic E-state index is 0.712. The monoisotopic (exact) mass is 341 g/mol. The lowest BCUT2D eigenvalue weighted by Gasteiger charge is -2.02. The summed E-state index contributed by atoms with van der Waals surface area (Å²) >= 11 is 0. The van der Waals surface area contributed by atoms with E-state index in [4.69, 9.17) is 4.42 Å². The molecule has 0 aliphatic heterocycles. The van der Waals surface area contributed by atoms with Crippen LogP contribution in [-0.4, -0.2) is 4.98 Å². The fourth-order valence-corrected chi connectivity index (χ4v) is 2.61. The van der Waals surface area contributed by atoms with Gasteiger partial charge in [0.25, 0.3) is 0 Å². The molecule has 2 nitrogen and oxygen atoms in total. The van der Waals surface area contributed by atoms with Crippen molar-refractivity contribution < 1.29 is 4.42 Å². The quantitative estimate of drug-likeness (QED) is 0.410. The number of nitrogens with zero attached hydrogens (tertiary/aromatic N) is 1. The summed E-state index contributed by atoms with van der Waals surface area (Å²) in [5.74, 6) is 1.57. The predicted molar refractivity (Wildman–Crippen MR) is 110 cm³/mol. The van der Waals surface area contributed by atoms with E-state index >= 15 is 0 Å². The van der Waals surface area contributed by atoms with Gasteiger partial charge in [-0.3, -0.25) is 0 Å². The third-order valence-corrected chi connectivity index (χ3v) is 4.16. The van der Waals surface area contributed by atoms with Crippen LogP contribution >= 0.6 is 0 Å². The average molecular weight is 342 g/mol. The zero-order chi connectivity index (χ0) is 18.7. The Morgan fingerprint density at radius 1 is 0.840 bits per heavy atom. The topological polar surface area (TPSA) is 26.0 Å². The normalized spacial score (nSPS) is 13.3. The van der Waals surface area contributed by atoms with Crippen molar-refractivity contribution in [1.29, 1.82) is 0 Å². The number of oxazole rings is 1. The maximum Gasteiger partial charge on any atom is 0.218 e. The average Bonchev–Trinajstić information content (AvgIpc) is 2.91. The second-order valence-corrected chi connectivity index (χ2v) is 7.30. The molecule has 1 aromatic rings. The standard InChI is InChI=1S/C23H35NO/c1-18(2)10-7-11-19(3)12-8-13-20(4)14-9-15-21(5)16-23-24-17-22(6)25-23/h10,12,14,16-17H,7-9,11,13,15H2,1-6H3/b19-12+,20-14+,21-16+. The smallest absolute Gasteiger partial charge is 0.218 e. The molecule has 0 aliphatic carbocycles. The Bertz CT molecular complexity index is 637. The highest BCUT2D eigenvalue weighted by atomic mass is 16.3. The maximum absolute atomic E-state index is 5.49. The molecule has 138 valence electrons. The minimum Gasteiger partial charge on any atom is -0.442 e. The molecule has 1 aromatic heterocycles. The molecule has 1 heterocycles. The fourth-order valence-electron chi connectivity index (χ4n) is 2.61. The van der Waals surface area contributed by atoms with Gasteiger partial charge < -0.3 is 4.42 Å². The Kier molecular flexibility index (Phi) is 9.91. The van der Waals surface area contributed by atoms with Crippen LogP contribution in [-0.2, 0) is 0 Å². The minimum atomic E-state index is 0.712. The summed E-state index contributed by atoms with van der Waals surface area (Å²) < 4.78 is 5.49. The molecule has 0 unspecified atom stereocenters. The van der Waals surface area contributed by atoms with E-state index in [0.29, 0.717) is 5.89 Å². The van der Waals surface area contributed by atoms with Crippen molar-refractivity contribution in [3.8, 4) is 0 Å². The third-order valence-electron chi connectivity index (χ3n) is 4.16. The number of rotatable bonds is 10. The van der Waals surface area contributed by atoms with Gasteiger partial charge in [-0.25, -0.2) is 4.98 Å². The molecule has 0 saturated carbocycles. The van der Waals surface area contributed by atoms with E-state index in [9.17, 15) is 0 Å². The first-order chi connectivity index (χ1) is 11.9. The first-order valence-corrected chi connectivity index (χ1v) is 9.41. The summed E-state index contributed by atoms with van der Waals surface area (Å²) in [5.41, 5.74) is 5.70. The summed E-state index contributed by atoms with van der Waals surface area (Å²) in [7, 11) is 0. The first-order valence-electron chi connectivity index (χ1n) is 9.41. The zero-order valence-corrected chi connectivity index (χ0v) is 17.0. The van der Waals surface area contributed by atoms with Gasteiger partial charge in [-0.1, -0.05) is 40.5 Å². The Balaban J connectivity index is 2.29. The van der Waals surface area contributed by atoms with Gasteiger partial charge in [-0.2, -0.15) is 0 Å². The van der Waals surface area contributed by atoms with Gasteiger partial charge in [0.2, 0.25) is 5.89 Å². The molecule has 0 amide bonds. The van der Waals surface area contributed by atoms with Crippen LogP contribution in [0.15, 0.2) is 51.1 Å². The van der Waals surface area contributed by atoms with Crippen LogP contribution in [0.5, 0.6) is 0 Å². The summed E-state index contributed by atoms with van der Waals surface area (Å²) in [6.45, 7) is 12.9. The van der Waals surface area contributed by atoms with E-state index in [-0.39, 0.29) is 0 Å². The lowest BCUT2D eigenvalue weighted by molar-refractivity contribution is 0.516. The molecule has 0 N–H and O–H groups in total. The molecular weight excluding hydrogens is 306 g/mol. The third kappa shape index (κ3) is 10.6. The van der Waals surface area contributed by atoms with Crippen molar-refractivity contribution in [2.24, 2.45) is 0 Å². The lowest BCUT2D eigenvalue weighted by atomic mass is 10.0. The summed E-state index contributed by atoms with van der Waals surface area (Å²) in [6, 6.07) is 0. The highest BCUT2D eigenvalue weighted by Gasteiger charge is 1.98. The highest BCUT2D eigenvalue weighted by molar-refractivity contribution is 5.42. The van der Waals surface area contributed by atoms with E-state index in [1.165, 1.54) is 28.7 Å². The van der Waals surface area contributed by atoms with Gasteiger partial charge in [0, 0.05) is 0 Å². The molecule has 0 fully saturated rings. The SMILES string of the molecule is CC(C)=CCC/C(C)=C/CC/C(C)=C/CC/C(C)=C/c1ncc(C)o1. The molecule has 0 aromatic carbocycles. The van der Waals surface area contributed by atoms with Gasteiger partial charge >= 0.3 is 0 Å². The van der Waals surface area contributed by atoms with Gasteiger partial charge in [0.15, 0.2) is 0 Å². The molecule has 0 atom stereocenters. The van der Waals surface area contributed by atoms with Crippen molar-refractivity contribution in [2.45, 2.75) is 80.1 Å². The number of allylic oxidation sites excluding steroid dienone is 7. The molecule has 25 heavy (non-hydrogen) atoms. The van der Waals surface area contributed by atoms with Crippen LogP contribution in [0, 0.1) is 6.92 Å². The highest BCUT2D eigenvalue weighted by Crippen LogP contribution is 2.15. The molecule has 0 aliphatic rings. The molecule has 2 heteroatoms. The van der Waals surface area contributed by atoms with Crippen molar-refractivity contribution >= 4 is 6.08 Å². The summed E-state index contributed by atoms with van der Waals surface area (Å²) in [6.07, 6.45) is 17.7. The molecule has 0 radical (unpaired) electrons. The van der Waals surface area contributed by atoms with Crippen LogP contribution < -0.4 is 0 Å². The Hall–Kier alpha value is -1.83. The Morgan fingerprint density at radius 2 is 1.36 bits per heavy atom. The van der Waals surface area contributed by atoms with Crippen LogP contribution in [0.3, 0.4) is 0 Å². The Morgan fingerprint density at radius 3 is 1.84 bits per heavy atom. The van der Waals surface area contributed by atoms with Gasteiger partial charge in [0.1, 0.15) is 5.76 Å². The second-order valence-electron chi connectivity index (χ2n) is 7.30. The van der Waals surface area contributed by atoms with Crippen molar-refractivity contribution in [3.63, 3.8) is 0 Å². The van der Waals surface area contributed by atoms with Gasteiger partial charge in [0.05, 0.1) is 6.20 Å². The number of hydrogen-bond donors (Lipinski definition) is 0. The summed E-state index contributed by atoms with van der Waals surface area (Å²) in [4.78, 5) is 4.22. The fraction of sp³-hybridized carbons (Fsp3) is 0.522. The van der Waals surface area contributed by atoms with E-state index in [1.807, 2.05) is 13.0 Å². The van der Waals surface area contributed by atoms with Gasteiger partial charge in [-0.05, 0) is 86.1 Å². The number of hydrogen-bond acceptors (Lipinski definition) is 2. The Labute approximate surface area is 154 Å². The molecule has 0 bridgehead atoms. The lowest BCUT2D eigenvalue weighted by Crippen LogP contribution is -1.82. The van der Waals surface area contributed by atoms with Gasteiger partial charge in [-0.15, -0.1) is 0 Å². The summed E-state index contributed by atoms with van der Waals surface area (Å²) in [5, 5.41) is 0. The van der Waals surface area contributed by atoms with E-state index in [1.54, 1.807) is 6.20 Å². The zero-order valence-electron chi connectivity index (χ0n) is 17.0. The molecular formula is C23H35NO. The molecule has 1 rings (SSSR count). The van der Waals surface area contributed by atoms with Crippen molar-refractivity contribution in [2.75, 3.05) is 0 Å².